The molecule has 1 rings (SSSR count). The van der Waals surface area contributed by atoms with Crippen LogP contribution in [0.2, 0.25) is 0 Å². The van der Waals surface area contributed by atoms with Gasteiger partial charge in [-0.3, -0.25) is 4.90 Å². The molecule has 1 fully saturated rings. The van der Waals surface area contributed by atoms with Crippen molar-refractivity contribution in [2.45, 2.75) is 39.3 Å². The van der Waals surface area contributed by atoms with Crippen LogP contribution < -0.4 is 5.32 Å². The summed E-state index contributed by atoms with van der Waals surface area (Å²) in [6.45, 7) is 13.9. The van der Waals surface area contributed by atoms with Gasteiger partial charge >= 0.3 is 0 Å². The average Bonchev–Trinajstić information content (AvgIpc) is 2.08. The molecule has 2 atom stereocenters. The molecule has 13 heavy (non-hydrogen) atoms. The average molecular weight is 182 g/mol. The van der Waals surface area contributed by atoms with Gasteiger partial charge in [-0.25, -0.2) is 0 Å². The quantitative estimate of drug-likeness (QED) is 0.667. The van der Waals surface area contributed by atoms with E-state index in [1.54, 1.807) is 0 Å². The van der Waals surface area contributed by atoms with Crippen molar-refractivity contribution in [3.8, 4) is 0 Å². The predicted molar refractivity (Wildman–Crippen MR) is 57.9 cm³/mol. The summed E-state index contributed by atoms with van der Waals surface area (Å²) in [4.78, 5) is 2.52. The van der Waals surface area contributed by atoms with Crippen LogP contribution in [0.3, 0.4) is 0 Å². The van der Waals surface area contributed by atoms with E-state index in [9.17, 15) is 0 Å². The summed E-state index contributed by atoms with van der Waals surface area (Å²) in [7, 11) is 0. The van der Waals surface area contributed by atoms with Gasteiger partial charge in [0.05, 0.1) is 0 Å². The van der Waals surface area contributed by atoms with E-state index in [2.05, 4.69) is 37.6 Å². The zero-order valence-corrected chi connectivity index (χ0v) is 9.14. The second-order valence-corrected chi connectivity index (χ2v) is 4.25. The summed E-state index contributed by atoms with van der Waals surface area (Å²) in [6.07, 6.45) is 1.22. The lowest BCUT2D eigenvalue weighted by Gasteiger charge is -2.38. The lowest BCUT2D eigenvalue weighted by Crippen LogP contribution is -2.55. The van der Waals surface area contributed by atoms with Crippen LogP contribution in [0.25, 0.3) is 0 Å². The molecule has 0 aromatic carbocycles. The highest BCUT2D eigenvalue weighted by molar-refractivity contribution is 4.95. The Morgan fingerprint density at radius 3 is 2.85 bits per heavy atom. The molecular weight excluding hydrogens is 160 g/mol. The molecule has 0 aromatic heterocycles. The molecule has 0 amide bonds. The first-order valence-corrected chi connectivity index (χ1v) is 5.25. The lowest BCUT2D eigenvalue weighted by molar-refractivity contribution is 0.151. The van der Waals surface area contributed by atoms with Gasteiger partial charge in [0.25, 0.3) is 0 Å². The fourth-order valence-electron chi connectivity index (χ4n) is 1.83. The molecule has 2 nitrogen and oxygen atoms in total. The monoisotopic (exact) mass is 182 g/mol. The smallest absolute Gasteiger partial charge is 0.0196 e. The van der Waals surface area contributed by atoms with E-state index in [4.69, 9.17) is 0 Å². The van der Waals surface area contributed by atoms with Crippen molar-refractivity contribution in [2.24, 2.45) is 0 Å². The predicted octanol–water partition coefficient (Wildman–Crippen LogP) is 1.63. The Bertz CT molecular complexity index is 177. The van der Waals surface area contributed by atoms with Gasteiger partial charge in [-0.15, -0.1) is 0 Å². The minimum absolute atomic E-state index is 0.652. The number of rotatable bonds is 3. The highest BCUT2D eigenvalue weighted by atomic mass is 15.2. The third-order valence-electron chi connectivity index (χ3n) is 2.75. The first-order chi connectivity index (χ1) is 6.13. The second kappa shape index (κ2) is 4.77. The molecule has 0 aromatic rings. The summed E-state index contributed by atoms with van der Waals surface area (Å²) < 4.78 is 0. The molecule has 1 aliphatic heterocycles. The SMILES string of the molecule is C=C(C)CN1CC(CC)NCC1C. The molecule has 76 valence electrons. The first-order valence-electron chi connectivity index (χ1n) is 5.25. The topological polar surface area (TPSA) is 15.3 Å². The van der Waals surface area contributed by atoms with E-state index in [1.807, 2.05) is 0 Å². The van der Waals surface area contributed by atoms with Gasteiger partial charge in [0.2, 0.25) is 0 Å². The van der Waals surface area contributed by atoms with Gasteiger partial charge < -0.3 is 5.32 Å². The van der Waals surface area contributed by atoms with Crippen LogP contribution in [-0.2, 0) is 0 Å². The number of hydrogen-bond acceptors (Lipinski definition) is 2. The zero-order chi connectivity index (χ0) is 9.84. The standard InChI is InChI=1S/C11H22N2/c1-5-11-8-13(7-9(2)3)10(4)6-12-11/h10-12H,2,5-8H2,1,3-4H3. The summed E-state index contributed by atoms with van der Waals surface area (Å²) in [5.74, 6) is 0. The molecule has 1 heterocycles. The summed E-state index contributed by atoms with van der Waals surface area (Å²) in [6, 6.07) is 1.33. The van der Waals surface area contributed by atoms with Crippen molar-refractivity contribution >= 4 is 0 Å². The second-order valence-electron chi connectivity index (χ2n) is 4.25. The maximum atomic E-state index is 3.97. The Balaban J connectivity index is 2.44. The van der Waals surface area contributed by atoms with Gasteiger partial charge in [-0.05, 0) is 20.3 Å². The summed E-state index contributed by atoms with van der Waals surface area (Å²) in [5, 5.41) is 3.55. The molecule has 0 radical (unpaired) electrons. The van der Waals surface area contributed by atoms with E-state index in [0.29, 0.717) is 12.1 Å². The maximum absolute atomic E-state index is 3.97. The Labute approximate surface area is 82.0 Å². The van der Waals surface area contributed by atoms with Crippen molar-refractivity contribution in [1.29, 1.82) is 0 Å². The molecule has 0 spiro atoms. The van der Waals surface area contributed by atoms with Crippen molar-refractivity contribution in [2.75, 3.05) is 19.6 Å². The third-order valence-corrected chi connectivity index (χ3v) is 2.75. The maximum Gasteiger partial charge on any atom is 0.0196 e. The number of nitrogens with zero attached hydrogens (tertiary/aromatic N) is 1. The Hall–Kier alpha value is -0.340. The number of piperazine rings is 1. The van der Waals surface area contributed by atoms with Gasteiger partial charge in [0.15, 0.2) is 0 Å². The highest BCUT2D eigenvalue weighted by Crippen LogP contribution is 2.10. The fraction of sp³-hybridized carbons (Fsp3) is 0.818. The van der Waals surface area contributed by atoms with Crippen LogP contribution in [-0.4, -0.2) is 36.6 Å². The van der Waals surface area contributed by atoms with Crippen molar-refractivity contribution in [3.63, 3.8) is 0 Å². The Morgan fingerprint density at radius 2 is 2.31 bits per heavy atom. The fourth-order valence-corrected chi connectivity index (χ4v) is 1.83. The zero-order valence-electron chi connectivity index (χ0n) is 9.14. The molecule has 1 saturated heterocycles. The van der Waals surface area contributed by atoms with Gasteiger partial charge in [-0.1, -0.05) is 19.1 Å². The summed E-state index contributed by atoms with van der Waals surface area (Å²) in [5.41, 5.74) is 1.27. The van der Waals surface area contributed by atoms with E-state index in [1.165, 1.54) is 18.5 Å². The van der Waals surface area contributed by atoms with Crippen molar-refractivity contribution in [3.05, 3.63) is 12.2 Å². The highest BCUT2D eigenvalue weighted by Gasteiger charge is 2.23. The number of hydrogen-bond donors (Lipinski definition) is 1. The van der Waals surface area contributed by atoms with Gasteiger partial charge in [0.1, 0.15) is 0 Å². The number of nitrogens with one attached hydrogen (secondary N) is 1. The Morgan fingerprint density at radius 1 is 1.62 bits per heavy atom. The van der Waals surface area contributed by atoms with Crippen LogP contribution >= 0.6 is 0 Å². The van der Waals surface area contributed by atoms with E-state index in [0.717, 1.165) is 13.1 Å². The molecule has 0 aliphatic carbocycles. The summed E-state index contributed by atoms with van der Waals surface area (Å²) >= 11 is 0. The molecule has 2 unspecified atom stereocenters. The van der Waals surface area contributed by atoms with Crippen LogP contribution in [0, 0.1) is 0 Å². The molecule has 1 N–H and O–H groups in total. The third kappa shape index (κ3) is 3.12. The lowest BCUT2D eigenvalue weighted by atomic mass is 10.1. The van der Waals surface area contributed by atoms with Crippen molar-refractivity contribution < 1.29 is 0 Å². The van der Waals surface area contributed by atoms with Crippen LogP contribution in [0.4, 0.5) is 0 Å². The van der Waals surface area contributed by atoms with Crippen molar-refractivity contribution in [1.82, 2.24) is 10.2 Å². The molecule has 1 aliphatic rings. The first kappa shape index (κ1) is 10.7. The molecule has 0 saturated carbocycles. The van der Waals surface area contributed by atoms with Crippen LogP contribution in [0.1, 0.15) is 27.2 Å². The van der Waals surface area contributed by atoms with Crippen LogP contribution in [0.5, 0.6) is 0 Å². The largest absolute Gasteiger partial charge is 0.311 e. The van der Waals surface area contributed by atoms with E-state index < -0.39 is 0 Å². The minimum atomic E-state index is 0.652. The minimum Gasteiger partial charge on any atom is -0.311 e. The molecular formula is C11H22N2. The van der Waals surface area contributed by atoms with E-state index in [-0.39, 0.29) is 0 Å². The van der Waals surface area contributed by atoms with E-state index >= 15 is 0 Å². The van der Waals surface area contributed by atoms with Crippen LogP contribution in [0.15, 0.2) is 12.2 Å². The molecule has 0 bridgehead atoms. The van der Waals surface area contributed by atoms with Gasteiger partial charge in [0, 0.05) is 31.7 Å². The Kier molecular flexibility index (Phi) is 3.94. The van der Waals surface area contributed by atoms with Gasteiger partial charge in [-0.2, -0.15) is 0 Å². The molecule has 2 heteroatoms. The normalized spacial score (nSPS) is 30.4.